The zero-order valence-corrected chi connectivity index (χ0v) is 12.9. The Morgan fingerprint density at radius 2 is 2.17 bits per heavy atom. The predicted molar refractivity (Wildman–Crippen MR) is 87.4 cm³/mol. The molecule has 1 aromatic carbocycles. The van der Waals surface area contributed by atoms with Crippen LogP contribution in [0.2, 0.25) is 0 Å². The van der Waals surface area contributed by atoms with Crippen molar-refractivity contribution in [2.75, 3.05) is 25.0 Å². The van der Waals surface area contributed by atoms with Crippen LogP contribution in [0, 0.1) is 11.7 Å². The summed E-state index contributed by atoms with van der Waals surface area (Å²) >= 11 is 0. The van der Waals surface area contributed by atoms with Crippen LogP contribution in [-0.4, -0.2) is 40.3 Å². The van der Waals surface area contributed by atoms with Crippen LogP contribution in [0.4, 0.5) is 10.2 Å². The summed E-state index contributed by atoms with van der Waals surface area (Å²) in [7, 11) is 0. The maximum Gasteiger partial charge on any atom is 0.161 e. The van der Waals surface area contributed by atoms with Crippen molar-refractivity contribution in [2.24, 2.45) is 5.92 Å². The molecule has 3 N–H and O–H groups in total. The quantitative estimate of drug-likeness (QED) is 0.797. The maximum atomic E-state index is 13.3. The van der Waals surface area contributed by atoms with E-state index in [0.717, 1.165) is 35.9 Å². The Morgan fingerprint density at radius 3 is 2.96 bits per heavy atom. The van der Waals surface area contributed by atoms with Crippen LogP contribution < -0.4 is 10.6 Å². The SMILES string of the molecule is Fc1ccc2c(NC3=CC[C@@]4(CN5CCC4CC5)N3)n[nH]c2c1. The number of H-pyrrole nitrogens is 1. The molecule has 3 fully saturated rings. The first kappa shape index (κ1) is 13.4. The predicted octanol–water partition coefficient (Wildman–Crippen LogP) is 2.41. The lowest BCUT2D eigenvalue weighted by Crippen LogP contribution is -2.64. The number of halogens is 1. The van der Waals surface area contributed by atoms with Gasteiger partial charge in [-0.15, -0.1) is 0 Å². The van der Waals surface area contributed by atoms with E-state index in [1.54, 1.807) is 6.07 Å². The summed E-state index contributed by atoms with van der Waals surface area (Å²) in [6.45, 7) is 3.62. The molecule has 2 bridgehead atoms. The summed E-state index contributed by atoms with van der Waals surface area (Å²) in [6, 6.07) is 4.70. The summed E-state index contributed by atoms with van der Waals surface area (Å²) in [5, 5.41) is 15.2. The van der Waals surface area contributed by atoms with Crippen molar-refractivity contribution >= 4 is 16.7 Å². The number of fused-ring (bicyclic) bond motifs is 3. The van der Waals surface area contributed by atoms with Crippen molar-refractivity contribution in [3.63, 3.8) is 0 Å². The number of nitrogens with one attached hydrogen (secondary N) is 3. The van der Waals surface area contributed by atoms with Crippen molar-refractivity contribution in [3.8, 4) is 0 Å². The Balaban J connectivity index is 1.37. The molecule has 0 radical (unpaired) electrons. The van der Waals surface area contributed by atoms with Gasteiger partial charge in [-0.25, -0.2) is 4.39 Å². The smallest absolute Gasteiger partial charge is 0.161 e. The third-order valence-corrected chi connectivity index (χ3v) is 5.71. The first-order valence-corrected chi connectivity index (χ1v) is 8.33. The van der Waals surface area contributed by atoms with E-state index < -0.39 is 0 Å². The summed E-state index contributed by atoms with van der Waals surface area (Å²) in [5.41, 5.74) is 0.903. The summed E-state index contributed by atoms with van der Waals surface area (Å²) in [5.74, 6) is 2.28. The molecule has 6 rings (SSSR count). The molecule has 120 valence electrons. The first-order chi connectivity index (χ1) is 11.2. The molecule has 0 saturated carbocycles. The largest absolute Gasteiger partial charge is 0.365 e. The second-order valence-electron chi connectivity index (χ2n) is 7.04. The Morgan fingerprint density at radius 1 is 1.30 bits per heavy atom. The third-order valence-electron chi connectivity index (χ3n) is 5.71. The van der Waals surface area contributed by atoms with E-state index >= 15 is 0 Å². The fourth-order valence-corrected chi connectivity index (χ4v) is 4.50. The van der Waals surface area contributed by atoms with E-state index in [4.69, 9.17) is 0 Å². The molecular formula is C17H20FN5. The standard InChI is InChI=1S/C17H20FN5/c18-12-1-2-13-14(9-12)21-22-16(13)19-15-3-6-17(20-15)10-23-7-4-11(17)5-8-23/h1-3,9,11,20H,4-8,10H2,(H2,19,21,22)/t17-/m0/s1. The average molecular weight is 313 g/mol. The van der Waals surface area contributed by atoms with Gasteiger partial charge in [-0.1, -0.05) is 0 Å². The van der Waals surface area contributed by atoms with Crippen molar-refractivity contribution in [1.82, 2.24) is 20.4 Å². The fraction of sp³-hybridized carbons (Fsp3) is 0.471. The molecule has 0 amide bonds. The normalized spacial score (nSPS) is 32.3. The highest BCUT2D eigenvalue weighted by atomic mass is 19.1. The van der Waals surface area contributed by atoms with Crippen molar-refractivity contribution < 1.29 is 4.39 Å². The van der Waals surface area contributed by atoms with Crippen LogP contribution in [-0.2, 0) is 0 Å². The van der Waals surface area contributed by atoms with E-state index in [1.807, 2.05) is 0 Å². The lowest BCUT2D eigenvalue weighted by atomic mass is 9.72. The van der Waals surface area contributed by atoms with Crippen LogP contribution in [0.5, 0.6) is 0 Å². The number of hydrogen-bond acceptors (Lipinski definition) is 4. The second kappa shape index (κ2) is 4.71. The van der Waals surface area contributed by atoms with Gasteiger partial charge in [0.05, 0.1) is 11.1 Å². The van der Waals surface area contributed by atoms with Crippen molar-refractivity contribution in [3.05, 3.63) is 35.9 Å². The lowest BCUT2D eigenvalue weighted by molar-refractivity contribution is 0.0189. The zero-order chi connectivity index (χ0) is 15.4. The van der Waals surface area contributed by atoms with Crippen LogP contribution in [0.15, 0.2) is 30.1 Å². The number of aromatic nitrogens is 2. The van der Waals surface area contributed by atoms with Crippen LogP contribution in [0.3, 0.4) is 0 Å². The van der Waals surface area contributed by atoms with E-state index in [-0.39, 0.29) is 11.4 Å². The Kier molecular flexibility index (Phi) is 2.74. The molecule has 23 heavy (non-hydrogen) atoms. The summed E-state index contributed by atoms with van der Waals surface area (Å²) in [4.78, 5) is 2.57. The van der Waals surface area contributed by atoms with Gasteiger partial charge in [0.15, 0.2) is 5.82 Å². The molecule has 2 aromatic rings. The highest BCUT2D eigenvalue weighted by Crippen LogP contribution is 2.41. The molecule has 4 aliphatic heterocycles. The molecule has 3 saturated heterocycles. The number of aromatic amines is 1. The van der Waals surface area contributed by atoms with Gasteiger partial charge in [0.25, 0.3) is 0 Å². The van der Waals surface area contributed by atoms with Gasteiger partial charge in [0.1, 0.15) is 11.6 Å². The molecular weight excluding hydrogens is 293 g/mol. The third kappa shape index (κ3) is 2.05. The van der Waals surface area contributed by atoms with Gasteiger partial charge < -0.3 is 15.5 Å². The fourth-order valence-electron chi connectivity index (χ4n) is 4.50. The maximum absolute atomic E-state index is 13.3. The van der Waals surface area contributed by atoms with Crippen molar-refractivity contribution in [1.29, 1.82) is 0 Å². The van der Waals surface area contributed by atoms with Crippen LogP contribution in [0.25, 0.3) is 10.9 Å². The number of anilines is 1. The molecule has 1 atom stereocenters. The second-order valence-corrected chi connectivity index (χ2v) is 7.04. The average Bonchev–Trinajstić information content (AvgIpc) is 3.13. The van der Waals surface area contributed by atoms with Crippen LogP contribution >= 0.6 is 0 Å². The minimum absolute atomic E-state index is 0.192. The molecule has 0 unspecified atom stereocenters. The monoisotopic (exact) mass is 313 g/mol. The zero-order valence-electron chi connectivity index (χ0n) is 12.9. The first-order valence-electron chi connectivity index (χ1n) is 8.33. The summed E-state index contributed by atoms with van der Waals surface area (Å²) < 4.78 is 13.3. The molecule has 1 spiro atoms. The molecule has 5 nitrogen and oxygen atoms in total. The number of benzene rings is 1. The van der Waals surface area contributed by atoms with Gasteiger partial charge in [0.2, 0.25) is 0 Å². The van der Waals surface area contributed by atoms with E-state index in [0.29, 0.717) is 5.52 Å². The minimum atomic E-state index is -0.253. The lowest BCUT2D eigenvalue weighted by Gasteiger charge is -2.52. The topological polar surface area (TPSA) is 56.0 Å². The van der Waals surface area contributed by atoms with Crippen molar-refractivity contribution in [2.45, 2.75) is 24.8 Å². The minimum Gasteiger partial charge on any atom is -0.365 e. The molecule has 1 aromatic heterocycles. The highest BCUT2D eigenvalue weighted by Gasteiger charge is 2.48. The molecule has 4 aliphatic rings. The number of rotatable bonds is 2. The molecule has 0 aliphatic carbocycles. The molecule has 6 heteroatoms. The van der Waals surface area contributed by atoms with E-state index in [2.05, 4.69) is 31.8 Å². The summed E-state index contributed by atoms with van der Waals surface area (Å²) in [6.07, 6.45) is 5.89. The van der Waals surface area contributed by atoms with E-state index in [1.165, 1.54) is 38.1 Å². The van der Waals surface area contributed by atoms with Gasteiger partial charge in [-0.2, -0.15) is 5.10 Å². The van der Waals surface area contributed by atoms with Gasteiger partial charge in [0, 0.05) is 11.9 Å². The van der Waals surface area contributed by atoms with Gasteiger partial charge >= 0.3 is 0 Å². The van der Waals surface area contributed by atoms with Gasteiger partial charge in [-0.05, 0) is 62.5 Å². The van der Waals surface area contributed by atoms with Gasteiger partial charge in [-0.3, -0.25) is 5.10 Å². The van der Waals surface area contributed by atoms with E-state index in [9.17, 15) is 4.39 Å². The number of nitrogens with zero attached hydrogens (tertiary/aromatic N) is 2. The Hall–Kier alpha value is -2.08. The number of piperidine rings is 3. The molecule has 5 heterocycles. The highest BCUT2D eigenvalue weighted by molar-refractivity contribution is 5.90. The van der Waals surface area contributed by atoms with Crippen LogP contribution in [0.1, 0.15) is 19.3 Å². The number of hydrogen-bond donors (Lipinski definition) is 3. The Bertz CT molecular complexity index is 789. The Labute approximate surface area is 133 Å².